The fraction of sp³-hybridized carbons (Fsp3) is 0.436. The molecule has 0 radical (unpaired) electrons. The number of carbonyl (C=O) groups excluding carboxylic acids is 3. The maximum Gasteiger partial charge on any atom is 0.407 e. The minimum atomic E-state index is -0.704. The highest BCUT2D eigenvalue weighted by Gasteiger charge is 2.38. The van der Waals surface area contributed by atoms with E-state index in [0.717, 1.165) is 64.4 Å². The van der Waals surface area contributed by atoms with Crippen molar-refractivity contribution < 1.29 is 19.1 Å². The molecule has 0 saturated carbocycles. The number of aromatic amines is 2. The highest BCUT2D eigenvalue weighted by Crippen LogP contribution is 2.35. The van der Waals surface area contributed by atoms with E-state index in [1.54, 1.807) is 4.90 Å². The summed E-state index contributed by atoms with van der Waals surface area (Å²) in [6, 6.07) is 12.3. The largest absolute Gasteiger partial charge is 0.453 e. The molecule has 3 aromatic heterocycles. The molecule has 0 aliphatic carbocycles. The lowest BCUT2D eigenvalue weighted by Gasteiger charge is -2.29. The molecular formula is C39H45N9O4. The molecule has 13 nitrogen and oxygen atoms in total. The molecular weight excluding hydrogens is 658 g/mol. The molecule has 2 aliphatic heterocycles. The van der Waals surface area contributed by atoms with Crippen LogP contribution in [0.15, 0.2) is 42.5 Å². The Balaban J connectivity index is 1.09. The van der Waals surface area contributed by atoms with Crippen molar-refractivity contribution in [3.63, 3.8) is 0 Å². The van der Waals surface area contributed by atoms with Gasteiger partial charge in [-0.05, 0) is 79.2 Å². The SMILES string of the molecule is COC(=O)N[C@H](C(=O)N1CCC[C@H]1c1nc2nc(C#Cc3ccc4c(ccc5[nH]c([C@@H]6CCCN6C(=O)[C@@H](N)C(C)C)nc54)c3)ccc2[nH]1)C(C)C. The Labute approximate surface area is 302 Å². The molecule has 52 heavy (non-hydrogen) atoms. The van der Waals surface area contributed by atoms with Gasteiger partial charge in [-0.3, -0.25) is 9.59 Å². The summed E-state index contributed by atoms with van der Waals surface area (Å²) in [5.41, 5.74) is 10.7. The Kier molecular flexibility index (Phi) is 9.59. The summed E-state index contributed by atoms with van der Waals surface area (Å²) in [6.07, 6.45) is 2.71. The van der Waals surface area contributed by atoms with Crippen LogP contribution in [-0.2, 0) is 14.3 Å². The monoisotopic (exact) mass is 703 g/mol. The third-order valence-corrected chi connectivity index (χ3v) is 10.3. The van der Waals surface area contributed by atoms with E-state index in [0.29, 0.717) is 30.3 Å². The number of hydrogen-bond acceptors (Lipinski definition) is 8. The number of fused-ring (bicyclic) bond motifs is 4. The number of ether oxygens (including phenoxy) is 1. The first-order valence-electron chi connectivity index (χ1n) is 18.0. The number of aromatic nitrogens is 5. The van der Waals surface area contributed by atoms with Crippen LogP contribution in [0, 0.1) is 23.7 Å². The number of H-pyrrole nitrogens is 2. The lowest BCUT2D eigenvalue weighted by atomic mass is 10.0. The summed E-state index contributed by atoms with van der Waals surface area (Å²) in [4.78, 5) is 63.6. The number of alkyl carbamates (subject to hydrolysis) is 1. The third-order valence-electron chi connectivity index (χ3n) is 10.3. The van der Waals surface area contributed by atoms with Gasteiger partial charge in [0.25, 0.3) is 0 Å². The second-order valence-electron chi connectivity index (χ2n) is 14.5. The zero-order chi connectivity index (χ0) is 36.7. The second kappa shape index (κ2) is 14.3. The maximum absolute atomic E-state index is 13.5. The van der Waals surface area contributed by atoms with Crippen LogP contribution < -0.4 is 11.1 Å². The van der Waals surface area contributed by atoms with Gasteiger partial charge >= 0.3 is 6.09 Å². The lowest BCUT2D eigenvalue weighted by molar-refractivity contribution is -0.136. The molecule has 2 aliphatic rings. The minimum Gasteiger partial charge on any atom is -0.453 e. The summed E-state index contributed by atoms with van der Waals surface area (Å²) in [7, 11) is 1.28. The van der Waals surface area contributed by atoms with Crippen LogP contribution in [0.2, 0.25) is 0 Å². The van der Waals surface area contributed by atoms with Crippen LogP contribution in [0.3, 0.4) is 0 Å². The Morgan fingerprint density at radius 1 is 0.846 bits per heavy atom. The molecule has 0 spiro atoms. The van der Waals surface area contributed by atoms with Crippen molar-refractivity contribution in [2.24, 2.45) is 17.6 Å². The van der Waals surface area contributed by atoms with Gasteiger partial charge in [0, 0.05) is 24.0 Å². The number of methoxy groups -OCH3 is 1. The van der Waals surface area contributed by atoms with Crippen LogP contribution in [0.1, 0.15) is 88.4 Å². The number of likely N-dealkylation sites (tertiary alicyclic amines) is 2. The highest BCUT2D eigenvalue weighted by molar-refractivity contribution is 6.04. The number of imidazole rings is 2. The van der Waals surface area contributed by atoms with E-state index in [1.165, 1.54) is 7.11 Å². The molecule has 0 bridgehead atoms. The van der Waals surface area contributed by atoms with E-state index in [1.807, 2.05) is 69.0 Å². The molecule has 3 amide bonds. The minimum absolute atomic E-state index is 0.0222. The van der Waals surface area contributed by atoms with Crippen molar-refractivity contribution in [2.45, 2.75) is 77.5 Å². The van der Waals surface area contributed by atoms with Gasteiger partial charge in [0.1, 0.15) is 23.4 Å². The van der Waals surface area contributed by atoms with Crippen molar-refractivity contribution in [1.29, 1.82) is 0 Å². The first-order chi connectivity index (χ1) is 25.0. The van der Waals surface area contributed by atoms with Gasteiger partial charge in [0.05, 0.1) is 41.8 Å². The quantitative estimate of drug-likeness (QED) is 0.170. The number of carbonyl (C=O) groups is 3. The summed E-state index contributed by atoms with van der Waals surface area (Å²) >= 11 is 0. The Morgan fingerprint density at radius 2 is 1.52 bits per heavy atom. The first kappa shape index (κ1) is 34.9. The van der Waals surface area contributed by atoms with Crippen LogP contribution >= 0.6 is 0 Å². The van der Waals surface area contributed by atoms with Gasteiger partial charge in [0.15, 0.2) is 5.65 Å². The molecule has 2 aromatic carbocycles. The molecule has 13 heteroatoms. The van der Waals surface area contributed by atoms with Gasteiger partial charge in [-0.2, -0.15) is 0 Å². The van der Waals surface area contributed by atoms with E-state index in [-0.39, 0.29) is 35.7 Å². The Bertz CT molecular complexity index is 2230. The number of benzene rings is 2. The lowest BCUT2D eigenvalue weighted by Crippen LogP contribution is -2.51. The standard InChI is InChI=1S/C39H45N9O4/c1-21(2)31(40)37(49)47-18-6-8-29(47)35-42-27-16-12-24-20-23(11-15-26(24)33(27)44-35)10-13-25-14-17-28-34(41-25)46-36(43-28)30-9-7-19-48(30)38(50)32(22(3)4)45-39(51)52-5/h11-12,14-17,20-22,29-32H,6-9,18-19,40H2,1-5H3,(H,42,44)(H,45,51)(H,41,43,46)/t29-,30-,31-,32-/m0/s1. The average Bonchev–Trinajstić information content (AvgIpc) is 3.96. The first-order valence-corrected chi connectivity index (χ1v) is 18.0. The number of nitrogens with one attached hydrogen (secondary N) is 3. The molecule has 4 atom stereocenters. The Hall–Kier alpha value is -5.48. The molecule has 2 saturated heterocycles. The summed E-state index contributed by atoms with van der Waals surface area (Å²) in [5.74, 6) is 7.65. The molecule has 270 valence electrons. The van der Waals surface area contributed by atoms with Crippen LogP contribution in [-0.4, -0.2) is 84.9 Å². The summed E-state index contributed by atoms with van der Waals surface area (Å²) in [5, 5.41) is 4.70. The fourth-order valence-corrected chi connectivity index (χ4v) is 7.32. The Morgan fingerprint density at radius 3 is 2.21 bits per heavy atom. The number of rotatable bonds is 7. The highest BCUT2D eigenvalue weighted by atomic mass is 16.5. The number of hydrogen-bond donors (Lipinski definition) is 4. The predicted molar refractivity (Wildman–Crippen MR) is 198 cm³/mol. The van der Waals surface area contributed by atoms with Gasteiger partial charge in [-0.1, -0.05) is 45.7 Å². The van der Waals surface area contributed by atoms with Crippen LogP contribution in [0.4, 0.5) is 4.79 Å². The summed E-state index contributed by atoms with van der Waals surface area (Å²) < 4.78 is 4.75. The van der Waals surface area contributed by atoms with E-state index >= 15 is 0 Å². The average molecular weight is 704 g/mol. The topological polar surface area (TPSA) is 175 Å². The van der Waals surface area contributed by atoms with Crippen molar-refractivity contribution in [2.75, 3.05) is 20.2 Å². The fourth-order valence-electron chi connectivity index (χ4n) is 7.32. The maximum atomic E-state index is 13.5. The third kappa shape index (κ3) is 6.66. The number of nitrogens with zero attached hydrogens (tertiary/aromatic N) is 5. The molecule has 7 rings (SSSR count). The van der Waals surface area contributed by atoms with E-state index in [2.05, 4.69) is 33.2 Å². The number of nitrogens with two attached hydrogens (primary N) is 1. The van der Waals surface area contributed by atoms with E-state index < -0.39 is 18.2 Å². The zero-order valence-corrected chi connectivity index (χ0v) is 30.2. The number of amides is 3. The van der Waals surface area contributed by atoms with Crippen LogP contribution in [0.5, 0.6) is 0 Å². The van der Waals surface area contributed by atoms with Crippen molar-refractivity contribution in [1.82, 2.24) is 40.0 Å². The molecule has 5 N–H and O–H groups in total. The summed E-state index contributed by atoms with van der Waals surface area (Å²) in [6.45, 7) is 8.98. The van der Waals surface area contributed by atoms with Crippen LogP contribution in [0.25, 0.3) is 33.0 Å². The van der Waals surface area contributed by atoms with Crippen molar-refractivity contribution in [3.05, 3.63) is 65.4 Å². The van der Waals surface area contributed by atoms with E-state index in [9.17, 15) is 14.4 Å². The van der Waals surface area contributed by atoms with Gasteiger partial charge < -0.3 is 35.6 Å². The molecule has 2 fully saturated rings. The van der Waals surface area contributed by atoms with Gasteiger partial charge in [-0.25, -0.2) is 19.7 Å². The smallest absolute Gasteiger partial charge is 0.407 e. The van der Waals surface area contributed by atoms with E-state index in [4.69, 9.17) is 25.4 Å². The zero-order valence-electron chi connectivity index (χ0n) is 30.2. The molecule has 5 aromatic rings. The predicted octanol–water partition coefficient (Wildman–Crippen LogP) is 5.08. The van der Waals surface area contributed by atoms with Crippen molar-refractivity contribution in [3.8, 4) is 11.8 Å². The normalized spacial score (nSPS) is 18.7. The molecule has 5 heterocycles. The van der Waals surface area contributed by atoms with Crippen molar-refractivity contribution >= 4 is 50.9 Å². The second-order valence-corrected chi connectivity index (χ2v) is 14.5. The van der Waals surface area contributed by atoms with Gasteiger partial charge in [-0.15, -0.1) is 0 Å². The molecule has 0 unspecified atom stereocenters. The number of pyridine rings is 1. The van der Waals surface area contributed by atoms with Gasteiger partial charge in [0.2, 0.25) is 11.8 Å².